The quantitative estimate of drug-likeness (QED) is 0.395. The molecule has 0 spiro atoms. The molecule has 0 aromatic heterocycles. The molecular formula is C9H4F6N2O3. The number of alkyl halides is 3. The lowest BCUT2D eigenvalue weighted by molar-refractivity contribution is -0.386. The Morgan fingerprint density at radius 2 is 1.65 bits per heavy atom. The van der Waals surface area contributed by atoms with Gasteiger partial charge in [0.2, 0.25) is 5.82 Å². The lowest BCUT2D eigenvalue weighted by Crippen LogP contribution is -2.31. The number of carbonyl (C=O) groups excluding carboxylic acids is 1. The van der Waals surface area contributed by atoms with Crippen molar-refractivity contribution in [3.63, 3.8) is 0 Å². The first-order valence-corrected chi connectivity index (χ1v) is 4.68. The van der Waals surface area contributed by atoms with Crippen molar-refractivity contribution in [2.45, 2.75) is 13.1 Å². The molecule has 0 aliphatic rings. The summed E-state index contributed by atoms with van der Waals surface area (Å²) in [4.78, 5) is 19.6. The van der Waals surface area contributed by atoms with Crippen LogP contribution < -0.4 is 5.32 Å². The molecule has 1 aromatic carbocycles. The van der Waals surface area contributed by atoms with Gasteiger partial charge in [0.1, 0.15) is 0 Å². The number of amides is 1. The second-order valence-electron chi connectivity index (χ2n) is 3.50. The Morgan fingerprint density at radius 3 is 2.05 bits per heavy atom. The molecule has 20 heavy (non-hydrogen) atoms. The van der Waals surface area contributed by atoms with Crippen LogP contribution in [-0.4, -0.2) is 17.0 Å². The van der Waals surface area contributed by atoms with Crippen molar-refractivity contribution in [2.75, 3.05) is 5.32 Å². The van der Waals surface area contributed by atoms with Crippen molar-refractivity contribution in [1.29, 1.82) is 0 Å². The van der Waals surface area contributed by atoms with Crippen LogP contribution in [-0.2, 0) is 4.79 Å². The molecule has 0 bridgehead atoms. The van der Waals surface area contributed by atoms with Gasteiger partial charge in [0, 0.05) is 5.56 Å². The highest BCUT2D eigenvalue weighted by atomic mass is 19.4. The van der Waals surface area contributed by atoms with Gasteiger partial charge in [-0.1, -0.05) is 0 Å². The van der Waals surface area contributed by atoms with Crippen molar-refractivity contribution in [3.05, 3.63) is 33.1 Å². The molecule has 0 fully saturated rings. The Morgan fingerprint density at radius 1 is 1.15 bits per heavy atom. The average molecular weight is 302 g/mol. The average Bonchev–Trinajstić information content (AvgIpc) is 2.31. The van der Waals surface area contributed by atoms with E-state index in [1.165, 1.54) is 0 Å². The van der Waals surface area contributed by atoms with Crippen LogP contribution in [0.5, 0.6) is 0 Å². The standard InChI is InChI=1S/C9H4F6N2O3/c1-2-3(10)5(12)6(7(4(2)11)17(19)20)16-8(18)9(13,14)15/h1H3,(H,16,18). The van der Waals surface area contributed by atoms with E-state index < -0.39 is 51.4 Å². The molecule has 1 rings (SSSR count). The summed E-state index contributed by atoms with van der Waals surface area (Å²) in [6.45, 7) is 0.649. The third-order valence-corrected chi connectivity index (χ3v) is 2.19. The summed E-state index contributed by atoms with van der Waals surface area (Å²) in [5, 5.41) is 11.3. The molecular weight excluding hydrogens is 298 g/mol. The first kappa shape index (κ1) is 15.7. The summed E-state index contributed by atoms with van der Waals surface area (Å²) in [6, 6.07) is 0. The Hall–Kier alpha value is -2.33. The maximum atomic E-state index is 13.4. The van der Waals surface area contributed by atoms with Gasteiger partial charge < -0.3 is 5.32 Å². The van der Waals surface area contributed by atoms with E-state index in [9.17, 15) is 41.3 Å². The van der Waals surface area contributed by atoms with E-state index in [0.29, 0.717) is 6.92 Å². The zero-order valence-electron chi connectivity index (χ0n) is 9.44. The van der Waals surface area contributed by atoms with Crippen LogP contribution in [0.4, 0.5) is 37.7 Å². The number of anilines is 1. The first-order valence-electron chi connectivity index (χ1n) is 4.68. The van der Waals surface area contributed by atoms with Gasteiger partial charge in [-0.2, -0.15) is 17.6 Å². The van der Waals surface area contributed by atoms with Gasteiger partial charge in [0.15, 0.2) is 17.3 Å². The molecule has 1 aromatic rings. The van der Waals surface area contributed by atoms with Crippen LogP contribution in [0.3, 0.4) is 0 Å². The highest BCUT2D eigenvalue weighted by Crippen LogP contribution is 2.35. The van der Waals surface area contributed by atoms with Crippen molar-refractivity contribution in [1.82, 2.24) is 0 Å². The van der Waals surface area contributed by atoms with Gasteiger partial charge in [0.05, 0.1) is 4.92 Å². The lowest BCUT2D eigenvalue weighted by atomic mass is 10.1. The van der Waals surface area contributed by atoms with E-state index in [1.807, 2.05) is 0 Å². The van der Waals surface area contributed by atoms with E-state index in [0.717, 1.165) is 5.32 Å². The maximum Gasteiger partial charge on any atom is 0.471 e. The van der Waals surface area contributed by atoms with Gasteiger partial charge >= 0.3 is 17.8 Å². The van der Waals surface area contributed by atoms with Crippen LogP contribution in [0.15, 0.2) is 0 Å². The summed E-state index contributed by atoms with van der Waals surface area (Å²) < 4.78 is 75.9. The SMILES string of the molecule is Cc1c(F)c(F)c(NC(=O)C(F)(F)F)c([N+](=O)[O-])c1F. The number of rotatable bonds is 2. The smallest absolute Gasteiger partial charge is 0.310 e. The van der Waals surface area contributed by atoms with Gasteiger partial charge in [-0.15, -0.1) is 0 Å². The number of benzene rings is 1. The molecule has 0 aliphatic heterocycles. The molecule has 0 heterocycles. The van der Waals surface area contributed by atoms with Crippen molar-refractivity contribution in [3.8, 4) is 0 Å². The number of halogens is 6. The number of hydrogen-bond acceptors (Lipinski definition) is 3. The Bertz CT molecular complexity index is 599. The molecule has 5 nitrogen and oxygen atoms in total. The second-order valence-corrected chi connectivity index (χ2v) is 3.50. The molecule has 0 saturated carbocycles. The fourth-order valence-electron chi connectivity index (χ4n) is 1.23. The minimum absolute atomic E-state index is 0.649. The third kappa shape index (κ3) is 2.65. The number of nitro benzene ring substituents is 1. The van der Waals surface area contributed by atoms with Crippen molar-refractivity contribution in [2.24, 2.45) is 0 Å². The lowest BCUT2D eigenvalue weighted by Gasteiger charge is -2.11. The predicted molar refractivity (Wildman–Crippen MR) is 52.4 cm³/mol. The monoisotopic (exact) mass is 302 g/mol. The summed E-state index contributed by atoms with van der Waals surface area (Å²) >= 11 is 0. The molecule has 1 N–H and O–H groups in total. The summed E-state index contributed by atoms with van der Waals surface area (Å²) in [7, 11) is 0. The normalized spacial score (nSPS) is 11.3. The number of carbonyl (C=O) groups is 1. The fraction of sp³-hybridized carbons (Fsp3) is 0.222. The first-order chi connectivity index (χ1) is 8.98. The van der Waals surface area contributed by atoms with E-state index in [-0.39, 0.29) is 0 Å². The Balaban J connectivity index is 3.53. The number of hydrogen-bond donors (Lipinski definition) is 1. The Kier molecular flexibility index (Phi) is 3.92. The zero-order chi connectivity index (χ0) is 15.8. The van der Waals surface area contributed by atoms with Gasteiger partial charge in [0.25, 0.3) is 0 Å². The molecule has 0 aliphatic carbocycles. The van der Waals surface area contributed by atoms with Crippen molar-refractivity contribution < 1.29 is 36.1 Å². The van der Waals surface area contributed by atoms with Crippen LogP contribution in [0, 0.1) is 34.5 Å². The molecule has 0 atom stereocenters. The molecule has 0 unspecified atom stereocenters. The van der Waals surface area contributed by atoms with E-state index in [2.05, 4.69) is 0 Å². The maximum absolute atomic E-state index is 13.4. The van der Waals surface area contributed by atoms with E-state index >= 15 is 0 Å². The largest absolute Gasteiger partial charge is 0.471 e. The molecule has 1 amide bonds. The zero-order valence-corrected chi connectivity index (χ0v) is 9.44. The number of nitro groups is 1. The fourth-order valence-corrected chi connectivity index (χ4v) is 1.23. The number of nitrogens with zero attached hydrogens (tertiary/aromatic N) is 1. The highest BCUT2D eigenvalue weighted by Gasteiger charge is 2.42. The topological polar surface area (TPSA) is 72.2 Å². The predicted octanol–water partition coefficient (Wildman–Crippen LogP) is 2.82. The van der Waals surface area contributed by atoms with Crippen LogP contribution in [0.1, 0.15) is 5.56 Å². The molecule has 11 heteroatoms. The van der Waals surface area contributed by atoms with E-state index in [1.54, 1.807) is 0 Å². The minimum Gasteiger partial charge on any atom is -0.310 e. The second kappa shape index (κ2) is 4.98. The highest BCUT2D eigenvalue weighted by molar-refractivity contribution is 5.97. The van der Waals surface area contributed by atoms with Gasteiger partial charge in [-0.05, 0) is 6.92 Å². The summed E-state index contributed by atoms with van der Waals surface area (Å²) in [6.07, 6.45) is -5.52. The number of nitrogens with one attached hydrogen (secondary N) is 1. The van der Waals surface area contributed by atoms with E-state index in [4.69, 9.17) is 0 Å². The van der Waals surface area contributed by atoms with Gasteiger partial charge in [-0.25, -0.2) is 8.78 Å². The van der Waals surface area contributed by atoms with Crippen LogP contribution in [0.25, 0.3) is 0 Å². The minimum atomic E-state index is -5.52. The molecule has 0 radical (unpaired) electrons. The summed E-state index contributed by atoms with van der Waals surface area (Å²) in [5.41, 5.74) is -4.71. The Labute approximate surface area is 106 Å². The molecule has 0 saturated heterocycles. The van der Waals surface area contributed by atoms with Crippen LogP contribution in [0.2, 0.25) is 0 Å². The summed E-state index contributed by atoms with van der Waals surface area (Å²) in [5.74, 6) is -8.78. The van der Waals surface area contributed by atoms with Gasteiger partial charge in [-0.3, -0.25) is 14.9 Å². The molecule has 110 valence electrons. The van der Waals surface area contributed by atoms with Crippen molar-refractivity contribution >= 4 is 17.3 Å². The third-order valence-electron chi connectivity index (χ3n) is 2.19. The van der Waals surface area contributed by atoms with Crippen LogP contribution >= 0.6 is 0 Å².